The molecule has 15 heavy (non-hydrogen) atoms. The normalized spacial score (nSPS) is 11.3. The molecule has 2 aromatic heterocycles. The van der Waals surface area contributed by atoms with Crippen molar-refractivity contribution in [3.8, 4) is 5.88 Å². The van der Waals surface area contributed by atoms with Gasteiger partial charge in [0.25, 0.3) is 0 Å². The van der Waals surface area contributed by atoms with Gasteiger partial charge in [-0.1, -0.05) is 11.6 Å². The van der Waals surface area contributed by atoms with E-state index in [0.29, 0.717) is 11.0 Å². The van der Waals surface area contributed by atoms with Crippen molar-refractivity contribution in [2.45, 2.75) is 6.92 Å². The number of benzene rings is 1. The van der Waals surface area contributed by atoms with Crippen molar-refractivity contribution in [3.05, 3.63) is 30.1 Å². The molecule has 0 atom stereocenters. The van der Waals surface area contributed by atoms with Crippen LogP contribution in [0.5, 0.6) is 5.88 Å². The van der Waals surface area contributed by atoms with Gasteiger partial charge in [-0.15, -0.1) is 0 Å². The average Bonchev–Trinajstić information content (AvgIpc) is 2.58. The van der Waals surface area contributed by atoms with E-state index in [0.717, 1.165) is 16.5 Å². The Morgan fingerprint density at radius 3 is 3.00 bits per heavy atom. The van der Waals surface area contributed by atoms with Crippen LogP contribution in [0.1, 0.15) is 5.56 Å². The number of aromatic amines is 1. The molecule has 2 heterocycles. The van der Waals surface area contributed by atoms with Crippen LogP contribution in [-0.2, 0) is 0 Å². The Morgan fingerprint density at radius 1 is 1.27 bits per heavy atom. The number of aromatic nitrogens is 3. The molecule has 0 unspecified atom stereocenters. The Kier molecular flexibility index (Phi) is 1.48. The lowest BCUT2D eigenvalue weighted by molar-refractivity contribution is -0.272. The van der Waals surface area contributed by atoms with E-state index >= 15 is 0 Å². The summed E-state index contributed by atoms with van der Waals surface area (Å²) >= 11 is 0. The van der Waals surface area contributed by atoms with Crippen LogP contribution in [0.2, 0.25) is 0 Å². The minimum absolute atomic E-state index is 0.256. The van der Waals surface area contributed by atoms with Crippen LogP contribution in [0.15, 0.2) is 24.5 Å². The second-order valence-electron chi connectivity index (χ2n) is 3.58. The Balaban J connectivity index is 2.58. The van der Waals surface area contributed by atoms with Crippen molar-refractivity contribution >= 4 is 21.9 Å². The van der Waals surface area contributed by atoms with Gasteiger partial charge in [-0.05, 0) is 19.1 Å². The molecule has 4 heteroatoms. The highest BCUT2D eigenvalue weighted by Gasteiger charge is 2.05. The van der Waals surface area contributed by atoms with E-state index in [4.69, 9.17) is 0 Å². The number of hydrogen-bond acceptors (Lipinski definition) is 3. The van der Waals surface area contributed by atoms with Crippen LogP contribution < -0.4 is 5.11 Å². The maximum Gasteiger partial charge on any atom is 0.115 e. The Hall–Kier alpha value is -2.10. The first-order valence-corrected chi connectivity index (χ1v) is 4.66. The summed E-state index contributed by atoms with van der Waals surface area (Å²) in [4.78, 5) is 10.8. The second kappa shape index (κ2) is 2.70. The molecular weight excluding hydrogens is 190 g/mol. The number of fused-ring (bicyclic) bond motifs is 3. The second-order valence-corrected chi connectivity index (χ2v) is 3.58. The molecule has 0 aliphatic carbocycles. The summed E-state index contributed by atoms with van der Waals surface area (Å²) in [7, 11) is 0. The molecule has 1 aromatic carbocycles. The lowest BCUT2D eigenvalue weighted by Crippen LogP contribution is -1.94. The van der Waals surface area contributed by atoms with E-state index in [2.05, 4.69) is 15.0 Å². The van der Waals surface area contributed by atoms with Crippen molar-refractivity contribution in [2.24, 2.45) is 0 Å². The molecule has 1 N–H and O–H groups in total. The van der Waals surface area contributed by atoms with E-state index in [-0.39, 0.29) is 5.88 Å². The molecule has 74 valence electrons. The molecule has 3 rings (SSSR count). The van der Waals surface area contributed by atoms with E-state index in [1.165, 1.54) is 6.33 Å². The smallest absolute Gasteiger partial charge is 0.115 e. The fourth-order valence-electron chi connectivity index (χ4n) is 1.78. The van der Waals surface area contributed by atoms with Gasteiger partial charge in [-0.25, -0.2) is 4.98 Å². The van der Waals surface area contributed by atoms with Crippen LogP contribution in [0, 0.1) is 6.92 Å². The molecule has 0 aliphatic rings. The van der Waals surface area contributed by atoms with Crippen LogP contribution in [0.3, 0.4) is 0 Å². The van der Waals surface area contributed by atoms with E-state index in [9.17, 15) is 5.11 Å². The molecule has 4 nitrogen and oxygen atoms in total. The van der Waals surface area contributed by atoms with Gasteiger partial charge in [0.1, 0.15) is 6.33 Å². The highest BCUT2D eigenvalue weighted by molar-refractivity contribution is 6.06. The SMILES string of the molecule is Cc1ccc2[nH]c3c([O-])ncnc3c2c1. The summed E-state index contributed by atoms with van der Waals surface area (Å²) in [6.45, 7) is 2.01. The highest BCUT2D eigenvalue weighted by Crippen LogP contribution is 2.26. The number of hydrogen-bond donors (Lipinski definition) is 1. The molecule has 0 spiro atoms. The Bertz CT molecular complexity index is 657. The first kappa shape index (κ1) is 8.23. The summed E-state index contributed by atoms with van der Waals surface area (Å²) in [6.07, 6.45) is 1.31. The fourth-order valence-corrected chi connectivity index (χ4v) is 1.78. The van der Waals surface area contributed by atoms with E-state index in [1.807, 2.05) is 25.1 Å². The van der Waals surface area contributed by atoms with Crippen molar-refractivity contribution in [3.63, 3.8) is 0 Å². The summed E-state index contributed by atoms with van der Waals surface area (Å²) in [5.41, 5.74) is 3.26. The third-order valence-corrected chi connectivity index (χ3v) is 2.50. The summed E-state index contributed by atoms with van der Waals surface area (Å²) in [6, 6.07) is 5.96. The largest absolute Gasteiger partial charge is 0.857 e. The maximum absolute atomic E-state index is 11.5. The zero-order valence-electron chi connectivity index (χ0n) is 8.11. The third-order valence-electron chi connectivity index (χ3n) is 2.50. The summed E-state index contributed by atoms with van der Waals surface area (Å²) in [5, 5.41) is 12.4. The molecule has 0 fully saturated rings. The number of aryl methyl sites for hydroxylation is 1. The van der Waals surface area contributed by atoms with Gasteiger partial charge in [0.2, 0.25) is 0 Å². The van der Waals surface area contributed by atoms with Gasteiger partial charge in [0.15, 0.2) is 0 Å². The molecule has 0 aliphatic heterocycles. The molecule has 0 saturated heterocycles. The number of nitrogens with one attached hydrogen (secondary N) is 1. The van der Waals surface area contributed by atoms with Gasteiger partial charge < -0.3 is 10.1 Å². The number of H-pyrrole nitrogens is 1. The average molecular weight is 198 g/mol. The van der Waals surface area contributed by atoms with Gasteiger partial charge in [0.05, 0.1) is 11.0 Å². The van der Waals surface area contributed by atoms with Crippen molar-refractivity contribution in [1.29, 1.82) is 0 Å². The minimum Gasteiger partial charge on any atom is -0.857 e. The van der Waals surface area contributed by atoms with E-state index < -0.39 is 0 Å². The zero-order chi connectivity index (χ0) is 10.4. The standard InChI is InChI=1S/C11H9N3O/c1-6-2-3-8-7(4-6)9-10(14-8)11(15)13-5-12-9/h2-5,14H,1H3,(H,12,13,15)/p-1. The predicted octanol–water partition coefficient (Wildman–Crippen LogP) is 1.49. The maximum atomic E-state index is 11.5. The first-order chi connectivity index (χ1) is 7.25. The lowest BCUT2D eigenvalue weighted by atomic mass is 10.2. The monoisotopic (exact) mass is 198 g/mol. The Labute approximate surface area is 85.6 Å². The van der Waals surface area contributed by atoms with Crippen molar-refractivity contribution in [1.82, 2.24) is 15.0 Å². The van der Waals surface area contributed by atoms with Crippen LogP contribution in [-0.4, -0.2) is 15.0 Å². The minimum atomic E-state index is -0.256. The Morgan fingerprint density at radius 2 is 2.13 bits per heavy atom. The fraction of sp³-hybridized carbons (Fsp3) is 0.0909. The van der Waals surface area contributed by atoms with Gasteiger partial charge in [0, 0.05) is 16.8 Å². The zero-order valence-corrected chi connectivity index (χ0v) is 8.11. The number of nitrogens with zero attached hydrogens (tertiary/aromatic N) is 2. The van der Waals surface area contributed by atoms with Gasteiger partial charge >= 0.3 is 0 Å². The summed E-state index contributed by atoms with van der Waals surface area (Å²) in [5.74, 6) is -0.256. The lowest BCUT2D eigenvalue weighted by Gasteiger charge is -2.02. The van der Waals surface area contributed by atoms with Crippen LogP contribution in [0.25, 0.3) is 21.9 Å². The van der Waals surface area contributed by atoms with Crippen molar-refractivity contribution < 1.29 is 5.11 Å². The molecule has 3 aromatic rings. The summed E-state index contributed by atoms with van der Waals surface area (Å²) < 4.78 is 0. The predicted molar refractivity (Wildman–Crippen MR) is 55.6 cm³/mol. The first-order valence-electron chi connectivity index (χ1n) is 4.66. The molecular formula is C11H8N3O-. The van der Waals surface area contributed by atoms with Gasteiger partial charge in [-0.2, -0.15) is 0 Å². The van der Waals surface area contributed by atoms with E-state index in [1.54, 1.807) is 0 Å². The topological polar surface area (TPSA) is 64.6 Å². The van der Waals surface area contributed by atoms with Gasteiger partial charge in [-0.3, -0.25) is 4.98 Å². The van der Waals surface area contributed by atoms with Crippen molar-refractivity contribution in [2.75, 3.05) is 0 Å². The van der Waals surface area contributed by atoms with Crippen LogP contribution >= 0.6 is 0 Å². The third kappa shape index (κ3) is 1.08. The molecule has 0 saturated carbocycles. The molecule has 0 amide bonds. The molecule has 0 bridgehead atoms. The molecule has 0 radical (unpaired) electrons. The highest BCUT2D eigenvalue weighted by atomic mass is 16.3. The van der Waals surface area contributed by atoms with Crippen LogP contribution in [0.4, 0.5) is 0 Å². The number of rotatable bonds is 0. The quantitative estimate of drug-likeness (QED) is 0.595.